The maximum Gasteiger partial charge on any atom is 0.410 e. The van der Waals surface area contributed by atoms with Crippen LogP contribution in [0.2, 0.25) is 0 Å². The number of para-hydroxylation sites is 1. The van der Waals surface area contributed by atoms with Gasteiger partial charge in [-0.1, -0.05) is 50.2 Å². The lowest BCUT2D eigenvalue weighted by atomic mass is 10.0. The normalized spacial score (nSPS) is 13.8. The molecule has 7 heteroatoms. The Kier molecular flexibility index (Phi) is 7.28. The lowest BCUT2D eigenvalue weighted by Gasteiger charge is -2.39. The van der Waals surface area contributed by atoms with Gasteiger partial charge in [0.15, 0.2) is 0 Å². The number of hydrogen-bond acceptors (Lipinski definition) is 4. The van der Waals surface area contributed by atoms with Gasteiger partial charge in [0.05, 0.1) is 18.7 Å². The average Bonchev–Trinajstić information content (AvgIpc) is 3.04. The van der Waals surface area contributed by atoms with Crippen LogP contribution in [-0.2, 0) is 11.3 Å². The second kappa shape index (κ2) is 9.94. The third-order valence-electron chi connectivity index (χ3n) is 5.04. The molecule has 4 rings (SSSR count). The van der Waals surface area contributed by atoms with E-state index in [0.29, 0.717) is 37.5 Å². The molecule has 0 spiro atoms. The molecular formula is C25H33N3O4. The second-order valence-corrected chi connectivity index (χ2v) is 8.71. The number of aromatic nitrogens is 2. The molecule has 2 aromatic carbocycles. The zero-order valence-corrected chi connectivity index (χ0v) is 19.6. The van der Waals surface area contributed by atoms with Crippen LogP contribution in [0.5, 0.6) is 5.75 Å². The van der Waals surface area contributed by atoms with Crippen molar-refractivity contribution >= 4 is 17.1 Å². The highest BCUT2D eigenvalue weighted by Crippen LogP contribution is 2.26. The van der Waals surface area contributed by atoms with Gasteiger partial charge in [-0.2, -0.15) is 0 Å². The summed E-state index contributed by atoms with van der Waals surface area (Å²) in [6.45, 7) is 11.8. The van der Waals surface area contributed by atoms with Crippen LogP contribution in [0.15, 0.2) is 53.3 Å². The molecule has 7 nitrogen and oxygen atoms in total. The summed E-state index contributed by atoms with van der Waals surface area (Å²) in [5.41, 5.74) is 1.91. The summed E-state index contributed by atoms with van der Waals surface area (Å²) in [6.07, 6.45) is -0.289. The fourth-order valence-electron chi connectivity index (χ4n) is 3.56. The Hall–Kier alpha value is -3.22. The Morgan fingerprint density at radius 3 is 2.41 bits per heavy atom. The van der Waals surface area contributed by atoms with Gasteiger partial charge < -0.3 is 19.4 Å². The van der Waals surface area contributed by atoms with E-state index < -0.39 is 5.60 Å². The van der Waals surface area contributed by atoms with Crippen molar-refractivity contribution in [2.75, 3.05) is 19.7 Å². The van der Waals surface area contributed by atoms with Crippen molar-refractivity contribution in [1.29, 1.82) is 0 Å². The summed E-state index contributed by atoms with van der Waals surface area (Å²) >= 11 is 0. The zero-order chi connectivity index (χ0) is 23.3. The molecule has 1 N–H and O–H groups in total. The van der Waals surface area contributed by atoms with Crippen LogP contribution in [0.3, 0.4) is 0 Å². The number of ether oxygens (including phenoxy) is 2. The highest BCUT2D eigenvalue weighted by molar-refractivity contribution is 5.82. The van der Waals surface area contributed by atoms with Gasteiger partial charge in [-0.3, -0.25) is 4.57 Å². The molecule has 2 heterocycles. The van der Waals surface area contributed by atoms with Crippen LogP contribution in [0.4, 0.5) is 4.79 Å². The van der Waals surface area contributed by atoms with Gasteiger partial charge in [-0.25, -0.2) is 9.59 Å². The lowest BCUT2D eigenvalue weighted by molar-refractivity contribution is -0.00774. The van der Waals surface area contributed by atoms with Gasteiger partial charge in [0.1, 0.15) is 16.9 Å². The molecule has 0 bridgehead atoms. The number of H-pyrrole nitrogens is 1. The summed E-state index contributed by atoms with van der Waals surface area (Å²) in [6, 6.07) is 15.5. The number of likely N-dealkylation sites (tertiary alicyclic amines) is 1. The van der Waals surface area contributed by atoms with Crippen LogP contribution >= 0.6 is 0 Å². The first kappa shape index (κ1) is 23.4. The molecule has 0 atom stereocenters. The highest BCUT2D eigenvalue weighted by atomic mass is 16.6. The third kappa shape index (κ3) is 5.52. The van der Waals surface area contributed by atoms with Gasteiger partial charge in [0.25, 0.3) is 0 Å². The van der Waals surface area contributed by atoms with Crippen molar-refractivity contribution in [3.8, 4) is 5.75 Å². The number of rotatable bonds is 5. The van der Waals surface area contributed by atoms with Crippen LogP contribution in [0.1, 0.15) is 40.2 Å². The lowest BCUT2D eigenvalue weighted by Crippen LogP contribution is -2.53. The molecular weight excluding hydrogens is 406 g/mol. The Morgan fingerprint density at radius 2 is 1.75 bits per heavy atom. The van der Waals surface area contributed by atoms with Crippen molar-refractivity contribution in [2.24, 2.45) is 5.92 Å². The van der Waals surface area contributed by atoms with Crippen molar-refractivity contribution in [3.05, 3.63) is 64.6 Å². The molecule has 1 aliphatic heterocycles. The standard InChI is InChI=1S/C23H27N3O4.C2H6/c1-23(2,3)30-22(28)25-12-17(13-25)15-29-19-11-7-10-18-20(19)24-21(27)26(18)14-16-8-5-4-6-9-16;1-2/h4-11,17H,12-15H2,1-3H3,(H,24,27);1-2H3. The monoisotopic (exact) mass is 439 g/mol. The second-order valence-electron chi connectivity index (χ2n) is 8.71. The highest BCUT2D eigenvalue weighted by Gasteiger charge is 2.34. The molecule has 1 fully saturated rings. The fourth-order valence-corrected chi connectivity index (χ4v) is 3.56. The maximum atomic E-state index is 12.5. The first-order valence-electron chi connectivity index (χ1n) is 11.2. The fraction of sp³-hybridized carbons (Fsp3) is 0.440. The molecule has 1 saturated heterocycles. The number of benzene rings is 2. The predicted molar refractivity (Wildman–Crippen MR) is 126 cm³/mol. The number of nitrogens with zero attached hydrogens (tertiary/aromatic N) is 2. The minimum Gasteiger partial charge on any atom is -0.491 e. The van der Waals surface area contributed by atoms with Crippen LogP contribution in [-0.4, -0.2) is 45.8 Å². The number of hydrogen-bond donors (Lipinski definition) is 1. The minimum atomic E-state index is -0.493. The van der Waals surface area contributed by atoms with Crippen LogP contribution in [0.25, 0.3) is 11.0 Å². The van der Waals surface area contributed by atoms with Gasteiger partial charge in [-0.15, -0.1) is 0 Å². The summed E-state index contributed by atoms with van der Waals surface area (Å²) in [7, 11) is 0. The van der Waals surface area contributed by atoms with Crippen molar-refractivity contribution in [1.82, 2.24) is 14.5 Å². The van der Waals surface area contributed by atoms with E-state index >= 15 is 0 Å². The summed E-state index contributed by atoms with van der Waals surface area (Å²) in [4.78, 5) is 29.2. The van der Waals surface area contributed by atoms with E-state index in [1.165, 1.54) is 0 Å². The number of imidazole rings is 1. The minimum absolute atomic E-state index is 0.162. The van der Waals surface area contributed by atoms with Gasteiger partial charge in [-0.05, 0) is 38.5 Å². The molecule has 0 unspecified atom stereocenters. The number of carbonyl (C=O) groups excluding carboxylic acids is 1. The number of fused-ring (bicyclic) bond motifs is 1. The van der Waals surface area contributed by atoms with Crippen molar-refractivity contribution in [2.45, 2.75) is 46.8 Å². The molecule has 1 aromatic heterocycles. The predicted octanol–water partition coefficient (Wildman–Crippen LogP) is 4.65. The number of amides is 1. The van der Waals surface area contributed by atoms with E-state index in [9.17, 15) is 9.59 Å². The van der Waals surface area contributed by atoms with E-state index in [0.717, 1.165) is 11.1 Å². The number of aromatic amines is 1. The molecule has 1 amide bonds. The average molecular weight is 440 g/mol. The molecule has 172 valence electrons. The van der Waals surface area contributed by atoms with Crippen LogP contribution < -0.4 is 10.4 Å². The molecule has 0 radical (unpaired) electrons. The molecule has 0 saturated carbocycles. The molecule has 3 aromatic rings. The summed E-state index contributed by atoms with van der Waals surface area (Å²) < 4.78 is 13.1. The van der Waals surface area contributed by atoms with E-state index in [-0.39, 0.29) is 17.7 Å². The third-order valence-corrected chi connectivity index (χ3v) is 5.04. The Balaban J connectivity index is 0.00000141. The van der Waals surface area contributed by atoms with Crippen LogP contribution in [0, 0.1) is 5.92 Å². The largest absolute Gasteiger partial charge is 0.491 e. The topological polar surface area (TPSA) is 76.6 Å². The van der Waals surface area contributed by atoms with E-state index in [4.69, 9.17) is 9.47 Å². The van der Waals surface area contributed by atoms with Crippen molar-refractivity contribution in [3.63, 3.8) is 0 Å². The van der Waals surface area contributed by atoms with Gasteiger partial charge in [0, 0.05) is 19.0 Å². The molecule has 32 heavy (non-hydrogen) atoms. The van der Waals surface area contributed by atoms with Crippen molar-refractivity contribution < 1.29 is 14.3 Å². The maximum absolute atomic E-state index is 12.5. The first-order valence-corrected chi connectivity index (χ1v) is 11.2. The molecule has 0 aliphatic carbocycles. The smallest absolute Gasteiger partial charge is 0.410 e. The number of nitrogens with one attached hydrogen (secondary N) is 1. The summed E-state index contributed by atoms with van der Waals surface area (Å²) in [5, 5.41) is 0. The molecule has 1 aliphatic rings. The van der Waals surface area contributed by atoms with Gasteiger partial charge >= 0.3 is 11.8 Å². The van der Waals surface area contributed by atoms with Gasteiger partial charge in [0.2, 0.25) is 0 Å². The Morgan fingerprint density at radius 1 is 1.06 bits per heavy atom. The summed E-state index contributed by atoms with van der Waals surface area (Å²) in [5.74, 6) is 0.887. The Bertz CT molecular complexity index is 1090. The quantitative estimate of drug-likeness (QED) is 0.628. The van der Waals surface area contributed by atoms with E-state index in [1.807, 2.05) is 83.1 Å². The van der Waals surface area contributed by atoms with E-state index in [2.05, 4.69) is 4.98 Å². The zero-order valence-electron chi connectivity index (χ0n) is 19.6. The first-order chi connectivity index (χ1) is 15.3. The SMILES string of the molecule is CC.CC(C)(C)OC(=O)N1CC(COc2cccc3c2[nH]c(=O)n3Cc2ccccc2)C1. The van der Waals surface area contributed by atoms with E-state index in [1.54, 1.807) is 9.47 Å². The Labute approximate surface area is 188 Å². The number of carbonyl (C=O) groups is 1.